The minimum Gasteiger partial charge on any atom is -0.481 e. The van der Waals surface area contributed by atoms with Gasteiger partial charge in [0, 0.05) is 18.0 Å². The summed E-state index contributed by atoms with van der Waals surface area (Å²) in [5.41, 5.74) is 5.41. The molecule has 3 nitrogen and oxygen atoms in total. The molecule has 0 aliphatic carbocycles. The molecule has 1 unspecified atom stereocenters. The fourth-order valence-electron chi connectivity index (χ4n) is 1.50. The first-order valence-corrected chi connectivity index (χ1v) is 5.33. The molecule has 3 N–H and O–H groups in total. The summed E-state index contributed by atoms with van der Waals surface area (Å²) >= 11 is 5.58. The van der Waals surface area contributed by atoms with Crippen molar-refractivity contribution >= 4 is 17.6 Å². The summed E-state index contributed by atoms with van der Waals surface area (Å²) in [6, 6.07) is 0.142. The molecule has 1 rings (SSSR count). The summed E-state index contributed by atoms with van der Waals surface area (Å²) in [7, 11) is 0. The van der Waals surface area contributed by atoms with Crippen LogP contribution in [-0.4, -0.2) is 11.1 Å². The fraction of sp³-hybridized carbons (Fsp3) is 0.364. The van der Waals surface area contributed by atoms with Gasteiger partial charge in [-0.1, -0.05) is 11.6 Å². The van der Waals surface area contributed by atoms with Crippen LogP contribution in [0.2, 0.25) is 5.02 Å². The van der Waals surface area contributed by atoms with Crippen molar-refractivity contribution in [1.82, 2.24) is 0 Å². The van der Waals surface area contributed by atoms with E-state index in [0.717, 1.165) is 0 Å². The van der Waals surface area contributed by atoms with Gasteiger partial charge < -0.3 is 10.8 Å². The van der Waals surface area contributed by atoms with E-state index in [0.29, 0.717) is 0 Å². The van der Waals surface area contributed by atoms with E-state index in [1.165, 1.54) is 13.0 Å². The van der Waals surface area contributed by atoms with Crippen molar-refractivity contribution in [1.29, 1.82) is 0 Å². The number of carbonyl (C=O) groups is 1. The number of carboxylic acids is 1. The molecule has 1 aromatic carbocycles. The summed E-state index contributed by atoms with van der Waals surface area (Å²) in [5, 5.41) is 8.27. The topological polar surface area (TPSA) is 63.3 Å². The van der Waals surface area contributed by atoms with E-state index in [1.807, 2.05) is 0 Å². The minimum atomic E-state index is -1.07. The Labute approximate surface area is 102 Å². The largest absolute Gasteiger partial charge is 0.481 e. The highest BCUT2D eigenvalue weighted by Gasteiger charge is 2.21. The average molecular weight is 264 g/mol. The van der Waals surface area contributed by atoms with Gasteiger partial charge in [0.25, 0.3) is 0 Å². The van der Waals surface area contributed by atoms with Crippen LogP contribution in [0.1, 0.15) is 30.0 Å². The summed E-state index contributed by atoms with van der Waals surface area (Å²) in [5.74, 6) is -2.77. The summed E-state index contributed by atoms with van der Waals surface area (Å²) < 4.78 is 27.3. The molecule has 0 amide bonds. The van der Waals surface area contributed by atoms with Crippen molar-refractivity contribution in [3.8, 4) is 0 Å². The molecule has 0 bridgehead atoms. The van der Waals surface area contributed by atoms with Crippen LogP contribution in [-0.2, 0) is 4.79 Å². The Morgan fingerprint density at radius 2 is 2.12 bits per heavy atom. The van der Waals surface area contributed by atoms with Gasteiger partial charge in [-0.05, 0) is 25.0 Å². The number of hydrogen-bond acceptors (Lipinski definition) is 2. The van der Waals surface area contributed by atoms with E-state index < -0.39 is 23.6 Å². The molecule has 17 heavy (non-hydrogen) atoms. The fourth-order valence-corrected chi connectivity index (χ4v) is 1.77. The number of carboxylic acid groups (broad SMARTS) is 1. The monoisotopic (exact) mass is 263 g/mol. The van der Waals surface area contributed by atoms with Crippen LogP contribution in [0.3, 0.4) is 0 Å². The van der Waals surface area contributed by atoms with Gasteiger partial charge in [-0.3, -0.25) is 4.79 Å². The molecule has 0 aliphatic rings. The molecule has 0 heterocycles. The Hall–Kier alpha value is -1.20. The van der Waals surface area contributed by atoms with Gasteiger partial charge in [0.2, 0.25) is 0 Å². The first-order valence-electron chi connectivity index (χ1n) is 4.96. The second-order valence-electron chi connectivity index (χ2n) is 3.76. The number of benzene rings is 1. The lowest BCUT2D eigenvalue weighted by molar-refractivity contribution is -0.137. The number of hydrogen-bond donors (Lipinski definition) is 2. The normalized spacial score (nSPS) is 12.5. The second kappa shape index (κ2) is 5.42. The molecule has 0 fully saturated rings. The molecule has 0 saturated carbocycles. The highest BCUT2D eigenvalue weighted by atomic mass is 35.5. The lowest BCUT2D eigenvalue weighted by atomic mass is 9.99. The summed E-state index contributed by atoms with van der Waals surface area (Å²) in [6.07, 6.45) is -0.311. The highest BCUT2D eigenvalue weighted by molar-refractivity contribution is 6.30. The maximum atomic E-state index is 13.7. The maximum absolute atomic E-state index is 13.7. The van der Waals surface area contributed by atoms with Crippen LogP contribution in [0, 0.1) is 18.6 Å². The van der Waals surface area contributed by atoms with Crippen LogP contribution in [0.5, 0.6) is 0 Å². The van der Waals surface area contributed by atoms with Crippen LogP contribution in [0.25, 0.3) is 0 Å². The third-order valence-electron chi connectivity index (χ3n) is 2.41. The zero-order valence-corrected chi connectivity index (χ0v) is 9.89. The third kappa shape index (κ3) is 3.14. The van der Waals surface area contributed by atoms with E-state index in [4.69, 9.17) is 22.4 Å². The molecule has 0 aliphatic heterocycles. The summed E-state index contributed by atoms with van der Waals surface area (Å²) in [4.78, 5) is 10.4. The molecular weight excluding hydrogens is 252 g/mol. The predicted octanol–water partition coefficient (Wildman–Crippen LogP) is 2.79. The zero-order valence-electron chi connectivity index (χ0n) is 9.14. The first kappa shape index (κ1) is 13.9. The predicted molar refractivity (Wildman–Crippen MR) is 59.9 cm³/mol. The molecule has 0 radical (unpaired) electrons. The van der Waals surface area contributed by atoms with Crippen molar-refractivity contribution < 1.29 is 18.7 Å². The van der Waals surface area contributed by atoms with Crippen molar-refractivity contribution in [2.45, 2.75) is 25.8 Å². The Morgan fingerprint density at radius 1 is 1.53 bits per heavy atom. The smallest absolute Gasteiger partial charge is 0.303 e. The minimum absolute atomic E-state index is 0.0526. The quantitative estimate of drug-likeness (QED) is 0.821. The van der Waals surface area contributed by atoms with E-state index in [-0.39, 0.29) is 29.0 Å². The van der Waals surface area contributed by atoms with Gasteiger partial charge in [-0.15, -0.1) is 0 Å². The number of nitrogens with two attached hydrogens (primary N) is 1. The Morgan fingerprint density at radius 3 is 2.65 bits per heavy atom. The van der Waals surface area contributed by atoms with Crippen LogP contribution >= 0.6 is 11.6 Å². The second-order valence-corrected chi connectivity index (χ2v) is 4.16. The molecule has 1 aromatic rings. The lowest BCUT2D eigenvalue weighted by Crippen LogP contribution is -2.16. The molecule has 94 valence electrons. The van der Waals surface area contributed by atoms with Crippen LogP contribution < -0.4 is 5.73 Å². The summed E-state index contributed by atoms with van der Waals surface area (Å²) in [6.45, 7) is 1.44. The average Bonchev–Trinajstić information content (AvgIpc) is 2.24. The van der Waals surface area contributed by atoms with Gasteiger partial charge in [0.15, 0.2) is 0 Å². The van der Waals surface area contributed by atoms with E-state index >= 15 is 0 Å². The molecule has 0 saturated heterocycles. The highest BCUT2D eigenvalue weighted by Crippen LogP contribution is 2.29. The first-order chi connectivity index (χ1) is 7.84. The number of aryl methyl sites for hydroxylation is 1. The SMILES string of the molecule is Cc1cc(Cl)c(F)c(C(N)CCC(=O)O)c1F. The van der Waals surface area contributed by atoms with Gasteiger partial charge in [0.1, 0.15) is 11.6 Å². The van der Waals surface area contributed by atoms with Gasteiger partial charge in [-0.25, -0.2) is 8.78 Å². The molecule has 6 heteroatoms. The maximum Gasteiger partial charge on any atom is 0.303 e. The van der Waals surface area contributed by atoms with Crippen molar-refractivity contribution in [3.05, 3.63) is 33.9 Å². The van der Waals surface area contributed by atoms with Gasteiger partial charge >= 0.3 is 5.97 Å². The van der Waals surface area contributed by atoms with Gasteiger partial charge in [-0.2, -0.15) is 0 Å². The van der Waals surface area contributed by atoms with Crippen molar-refractivity contribution in [2.24, 2.45) is 5.73 Å². The molecule has 1 atom stereocenters. The standard InChI is InChI=1S/C11H12ClF2NO2/c1-5-4-6(12)11(14)9(10(5)13)7(15)2-3-8(16)17/h4,7H,2-3,15H2,1H3,(H,16,17). The Bertz CT molecular complexity index is 425. The number of rotatable bonds is 4. The van der Waals surface area contributed by atoms with Crippen LogP contribution in [0.4, 0.5) is 8.78 Å². The van der Waals surface area contributed by atoms with E-state index in [9.17, 15) is 13.6 Å². The zero-order chi connectivity index (χ0) is 13.2. The van der Waals surface area contributed by atoms with Crippen molar-refractivity contribution in [2.75, 3.05) is 0 Å². The molecule has 0 aromatic heterocycles. The number of halogens is 3. The van der Waals surface area contributed by atoms with E-state index in [1.54, 1.807) is 0 Å². The molecule has 0 spiro atoms. The third-order valence-corrected chi connectivity index (χ3v) is 2.69. The van der Waals surface area contributed by atoms with Crippen molar-refractivity contribution in [3.63, 3.8) is 0 Å². The van der Waals surface area contributed by atoms with E-state index in [2.05, 4.69) is 0 Å². The number of aliphatic carboxylic acids is 1. The van der Waals surface area contributed by atoms with Crippen LogP contribution in [0.15, 0.2) is 6.07 Å². The lowest BCUT2D eigenvalue weighted by Gasteiger charge is -2.15. The Balaban J connectivity index is 3.07. The molecular formula is C11H12ClF2NO2. The Kier molecular flexibility index (Phi) is 4.42. The van der Waals surface area contributed by atoms with Gasteiger partial charge in [0.05, 0.1) is 5.02 Å².